The van der Waals surface area contributed by atoms with Crippen molar-refractivity contribution in [2.45, 2.75) is 46.5 Å². The van der Waals surface area contributed by atoms with Gasteiger partial charge in [-0.25, -0.2) is 0 Å². The molecule has 1 amide bonds. The van der Waals surface area contributed by atoms with Crippen molar-refractivity contribution in [3.8, 4) is 22.5 Å². The molecule has 0 radical (unpaired) electrons. The molecule has 4 aromatic carbocycles. The smallest absolute Gasteiger partial charge is 0.223 e. The third-order valence-electron chi connectivity index (χ3n) is 11.1. The largest absolute Gasteiger partial charge is 0.396 e. The van der Waals surface area contributed by atoms with E-state index in [-0.39, 0.29) is 17.0 Å². The first-order valence-corrected chi connectivity index (χ1v) is 21.4. The number of nitrogens with two attached hydrogens (primary N) is 2. The summed E-state index contributed by atoms with van der Waals surface area (Å²) < 4.78 is 0. The van der Waals surface area contributed by atoms with E-state index in [2.05, 4.69) is 56.5 Å². The molecule has 0 unspecified atom stereocenters. The van der Waals surface area contributed by atoms with Gasteiger partial charge in [-0.15, -0.1) is 20.4 Å². The molecule has 1 fully saturated rings. The second-order valence-corrected chi connectivity index (χ2v) is 16.5. The highest BCUT2D eigenvalue weighted by atomic mass is 35.5. The molecule has 0 bridgehead atoms. The summed E-state index contributed by atoms with van der Waals surface area (Å²) in [6, 6.07) is 34.3. The number of rotatable bonds is 14. The number of aliphatic imine (C=N–C) groups is 2. The van der Waals surface area contributed by atoms with Crippen LogP contribution < -0.4 is 21.7 Å². The van der Waals surface area contributed by atoms with Crippen LogP contribution in [0.2, 0.25) is 5.15 Å². The van der Waals surface area contributed by atoms with Crippen LogP contribution in [0, 0.1) is 12.8 Å². The van der Waals surface area contributed by atoms with Crippen molar-refractivity contribution in [1.29, 1.82) is 0 Å². The van der Waals surface area contributed by atoms with Crippen LogP contribution in [-0.4, -0.2) is 82.9 Å². The average molecular weight is 848 g/mol. The molecular formula is C49H54ClN11O. The molecule has 7 rings (SSSR count). The predicted molar refractivity (Wildman–Crippen MR) is 254 cm³/mol. The maximum Gasteiger partial charge on any atom is 0.223 e. The number of nitrogens with zero attached hydrogens (tertiary/aromatic N) is 8. The fourth-order valence-electron chi connectivity index (χ4n) is 7.81. The van der Waals surface area contributed by atoms with Gasteiger partial charge in [0.1, 0.15) is 11.4 Å². The molecule has 0 aliphatic carbocycles. The summed E-state index contributed by atoms with van der Waals surface area (Å²) >= 11 is 6.32. The molecule has 3 heterocycles. The third kappa shape index (κ3) is 10.5. The van der Waals surface area contributed by atoms with E-state index in [1.54, 1.807) is 0 Å². The summed E-state index contributed by atoms with van der Waals surface area (Å²) in [4.78, 5) is 27.2. The Balaban J connectivity index is 1.12. The maximum absolute atomic E-state index is 13.0. The number of hydrogen-bond donors (Lipinski definition) is 3. The van der Waals surface area contributed by atoms with Gasteiger partial charge in [0, 0.05) is 48.1 Å². The Labute approximate surface area is 369 Å². The highest BCUT2D eigenvalue weighted by Crippen LogP contribution is 2.36. The number of anilines is 3. The first-order chi connectivity index (χ1) is 29.9. The van der Waals surface area contributed by atoms with Gasteiger partial charge in [0.2, 0.25) is 5.91 Å². The first kappa shape index (κ1) is 43.6. The van der Waals surface area contributed by atoms with Crippen LogP contribution in [-0.2, 0) is 11.2 Å². The normalized spacial score (nSPS) is 13.8. The number of aromatic nitrogens is 4. The molecule has 318 valence electrons. The van der Waals surface area contributed by atoms with Crippen molar-refractivity contribution in [3.63, 3.8) is 0 Å². The van der Waals surface area contributed by atoms with E-state index in [0.717, 1.165) is 63.4 Å². The summed E-state index contributed by atoms with van der Waals surface area (Å²) in [7, 11) is 4.08. The molecule has 2 aromatic heterocycles. The van der Waals surface area contributed by atoms with Gasteiger partial charge in [0.05, 0.1) is 33.9 Å². The minimum absolute atomic E-state index is 0.0455. The number of amides is 1. The van der Waals surface area contributed by atoms with E-state index in [1.807, 2.05) is 107 Å². The fraction of sp³-hybridized carbons (Fsp3) is 0.286. The molecule has 1 aliphatic heterocycles. The van der Waals surface area contributed by atoms with Crippen molar-refractivity contribution in [2.24, 2.45) is 15.9 Å². The van der Waals surface area contributed by atoms with Gasteiger partial charge < -0.3 is 26.6 Å². The van der Waals surface area contributed by atoms with E-state index in [0.29, 0.717) is 78.8 Å². The molecule has 62 heavy (non-hydrogen) atoms. The van der Waals surface area contributed by atoms with Gasteiger partial charge in [-0.3, -0.25) is 14.8 Å². The standard InChI is InChI=1S/C49H54ClN11O/c1-31-15-19-39(20-16-31)55-33(3)42-44(52)48(61-27-23-37(24-28-61)49(62)53-25-10-26-60(4)5)59-57-46(42)38-14-9-11-35(30-38)29-34-17-21-40(22-18-34)54-32(2)41-43(51)47(50)58-56-45(41)36-12-7-6-8-13-36/h6-9,11-22,30,37H,10,23-29H2,1-5H3,(H2,51,56)(H2,52,57)(H,53,62). The van der Waals surface area contributed by atoms with Crippen LogP contribution >= 0.6 is 11.6 Å². The topological polar surface area (TPSA) is 164 Å². The minimum atomic E-state index is -0.0455. The summed E-state index contributed by atoms with van der Waals surface area (Å²) in [6.07, 6.45) is 3.02. The number of carbonyl (C=O) groups is 1. The van der Waals surface area contributed by atoms with Crippen LogP contribution in [0.1, 0.15) is 60.9 Å². The molecule has 0 atom stereocenters. The number of halogens is 1. The second-order valence-electron chi connectivity index (χ2n) is 16.1. The molecular weight excluding hydrogens is 794 g/mol. The monoisotopic (exact) mass is 847 g/mol. The summed E-state index contributed by atoms with van der Waals surface area (Å²) in [5, 5.41) is 21.3. The summed E-state index contributed by atoms with van der Waals surface area (Å²) in [5.74, 6) is 0.686. The Morgan fingerprint density at radius 2 is 1.35 bits per heavy atom. The molecule has 0 saturated carbocycles. The van der Waals surface area contributed by atoms with Crippen molar-refractivity contribution in [1.82, 2.24) is 30.6 Å². The number of hydrogen-bond acceptors (Lipinski definition) is 11. The Bertz CT molecular complexity index is 2570. The van der Waals surface area contributed by atoms with Crippen molar-refractivity contribution < 1.29 is 4.79 Å². The van der Waals surface area contributed by atoms with Gasteiger partial charge in [-0.2, -0.15) is 0 Å². The van der Waals surface area contributed by atoms with Crippen LogP contribution in [0.4, 0.5) is 28.6 Å². The number of aryl methyl sites for hydroxylation is 1. The van der Waals surface area contributed by atoms with Gasteiger partial charge in [0.25, 0.3) is 0 Å². The Hall–Kier alpha value is -6.50. The summed E-state index contributed by atoms with van der Waals surface area (Å²) in [5.41, 5.74) is 25.2. The van der Waals surface area contributed by atoms with Crippen molar-refractivity contribution in [3.05, 3.63) is 136 Å². The van der Waals surface area contributed by atoms with Gasteiger partial charge in [-0.05, 0) is 109 Å². The average Bonchev–Trinajstić information content (AvgIpc) is 3.27. The predicted octanol–water partition coefficient (Wildman–Crippen LogP) is 8.88. The van der Waals surface area contributed by atoms with Gasteiger partial charge >= 0.3 is 0 Å². The lowest BCUT2D eigenvalue weighted by Gasteiger charge is -2.33. The van der Waals surface area contributed by atoms with Crippen molar-refractivity contribution in [2.75, 3.05) is 56.6 Å². The lowest BCUT2D eigenvalue weighted by atomic mass is 9.95. The molecule has 12 nitrogen and oxygen atoms in total. The highest BCUT2D eigenvalue weighted by Gasteiger charge is 2.29. The maximum atomic E-state index is 13.0. The first-order valence-electron chi connectivity index (χ1n) is 21.0. The number of piperidine rings is 1. The Morgan fingerprint density at radius 1 is 0.758 bits per heavy atom. The molecule has 5 N–H and O–H groups in total. The second kappa shape index (κ2) is 19.9. The zero-order chi connectivity index (χ0) is 43.8. The van der Waals surface area contributed by atoms with E-state index < -0.39 is 0 Å². The fourth-order valence-corrected chi connectivity index (χ4v) is 7.94. The molecule has 1 aliphatic rings. The zero-order valence-corrected chi connectivity index (χ0v) is 36.8. The van der Waals surface area contributed by atoms with Gasteiger partial charge in [0.15, 0.2) is 11.0 Å². The third-order valence-corrected chi connectivity index (χ3v) is 11.4. The molecule has 6 aromatic rings. The van der Waals surface area contributed by atoms with Crippen LogP contribution in [0.3, 0.4) is 0 Å². The molecule has 13 heteroatoms. The quantitative estimate of drug-likeness (QED) is 0.0718. The zero-order valence-electron chi connectivity index (χ0n) is 36.1. The molecule has 0 spiro atoms. The SMILES string of the molecule is CC(=Nc1ccc(Cc2cccc(-c3nnc(N4CCC(C(=O)NCCCN(C)C)CC4)c(N)c3C(C)=Nc3ccc(C)cc3)c2)cc1)c1c(-c2ccccc2)nnc(Cl)c1N. The lowest BCUT2D eigenvalue weighted by Crippen LogP contribution is -2.41. The van der Waals surface area contributed by atoms with Crippen LogP contribution in [0.5, 0.6) is 0 Å². The lowest BCUT2D eigenvalue weighted by molar-refractivity contribution is -0.125. The van der Waals surface area contributed by atoms with E-state index >= 15 is 0 Å². The van der Waals surface area contributed by atoms with Crippen molar-refractivity contribution >= 4 is 57.5 Å². The molecule has 1 saturated heterocycles. The Kier molecular flexibility index (Phi) is 14.0. The van der Waals surface area contributed by atoms with E-state index in [1.165, 1.54) is 0 Å². The number of nitrogens with one attached hydrogen (secondary N) is 1. The highest BCUT2D eigenvalue weighted by molar-refractivity contribution is 6.33. The van der Waals surface area contributed by atoms with Crippen LogP contribution in [0.25, 0.3) is 22.5 Å². The number of nitrogen functional groups attached to an aromatic ring is 2. The number of carbonyl (C=O) groups excluding carboxylic acids is 1. The Morgan fingerprint density at radius 3 is 2.02 bits per heavy atom. The van der Waals surface area contributed by atoms with Gasteiger partial charge in [-0.1, -0.05) is 90.0 Å². The summed E-state index contributed by atoms with van der Waals surface area (Å²) in [6.45, 7) is 8.85. The minimum Gasteiger partial charge on any atom is -0.396 e. The van der Waals surface area contributed by atoms with E-state index in [4.69, 9.17) is 43.3 Å². The van der Waals surface area contributed by atoms with Crippen LogP contribution in [0.15, 0.2) is 113 Å². The number of benzene rings is 4. The van der Waals surface area contributed by atoms with E-state index in [9.17, 15) is 4.79 Å².